The molecule has 1 aromatic rings. The van der Waals surface area contributed by atoms with Crippen molar-refractivity contribution in [1.29, 1.82) is 0 Å². The Hall–Kier alpha value is -1.38. The van der Waals surface area contributed by atoms with Gasteiger partial charge in [0.2, 0.25) is 0 Å². The van der Waals surface area contributed by atoms with Gasteiger partial charge in [-0.15, -0.1) is 0 Å². The fraction of sp³-hybridized carbons (Fsp3) is 0.400. The molecule has 1 heterocycles. The number of hydrogen-bond donors (Lipinski definition) is 1. The summed E-state index contributed by atoms with van der Waals surface area (Å²) >= 11 is 0. The zero-order valence-corrected chi connectivity index (χ0v) is 8.46. The third kappa shape index (κ3) is 2.86. The average Bonchev–Trinajstić information content (AvgIpc) is 2.07. The van der Waals surface area contributed by atoms with Crippen LogP contribution in [0.1, 0.15) is 35.5 Å². The van der Waals surface area contributed by atoms with E-state index in [1.54, 1.807) is 26.1 Å². The molecule has 0 unspecified atom stereocenters. The van der Waals surface area contributed by atoms with Crippen molar-refractivity contribution in [2.45, 2.75) is 27.7 Å². The fourth-order valence-electron chi connectivity index (χ4n) is 1.02. The summed E-state index contributed by atoms with van der Waals surface area (Å²) in [4.78, 5) is 14.5. The van der Waals surface area contributed by atoms with Crippen molar-refractivity contribution in [3.63, 3.8) is 0 Å². The number of carboxylic acid groups (broad SMARTS) is 1. The van der Waals surface area contributed by atoms with Gasteiger partial charge < -0.3 is 5.11 Å². The van der Waals surface area contributed by atoms with Crippen LogP contribution in [0.25, 0.3) is 0 Å². The van der Waals surface area contributed by atoms with Gasteiger partial charge in [-0.3, -0.25) is 4.98 Å². The molecule has 0 fully saturated rings. The number of aromatic carboxylic acids is 1. The molecular weight excluding hydrogens is 166 g/mol. The summed E-state index contributed by atoms with van der Waals surface area (Å²) in [7, 11) is 0. The van der Waals surface area contributed by atoms with E-state index in [0.717, 1.165) is 5.56 Å². The minimum Gasteiger partial charge on any atom is -0.478 e. The van der Waals surface area contributed by atoms with Crippen LogP contribution in [0.15, 0.2) is 12.3 Å². The fourth-order valence-corrected chi connectivity index (χ4v) is 1.02. The molecule has 0 spiro atoms. The van der Waals surface area contributed by atoms with Gasteiger partial charge in [0, 0.05) is 6.20 Å². The minimum absolute atomic E-state index is 0.313. The summed E-state index contributed by atoms with van der Waals surface area (Å²) in [6.07, 6.45) is 1.61. The van der Waals surface area contributed by atoms with Gasteiger partial charge in [0.05, 0.1) is 11.3 Å². The second kappa shape index (κ2) is 5.30. The van der Waals surface area contributed by atoms with E-state index < -0.39 is 5.97 Å². The first-order valence-electron chi connectivity index (χ1n) is 4.28. The molecular formula is C10H15NO2. The summed E-state index contributed by atoms with van der Waals surface area (Å²) in [5.74, 6) is -0.909. The molecule has 13 heavy (non-hydrogen) atoms. The average molecular weight is 181 g/mol. The molecule has 72 valence electrons. The number of carbonyl (C=O) groups is 1. The number of rotatable bonds is 1. The van der Waals surface area contributed by atoms with Crippen LogP contribution in [0, 0.1) is 13.8 Å². The number of pyridine rings is 1. The lowest BCUT2D eigenvalue weighted by Gasteiger charge is -2.01. The number of aromatic nitrogens is 1. The molecule has 0 saturated heterocycles. The highest BCUT2D eigenvalue weighted by Crippen LogP contribution is 2.09. The van der Waals surface area contributed by atoms with Crippen molar-refractivity contribution in [1.82, 2.24) is 4.98 Å². The Morgan fingerprint density at radius 2 is 1.92 bits per heavy atom. The molecule has 0 aromatic carbocycles. The first kappa shape index (κ1) is 11.6. The number of aryl methyl sites for hydroxylation is 2. The van der Waals surface area contributed by atoms with Crippen LogP contribution in [0.2, 0.25) is 0 Å². The van der Waals surface area contributed by atoms with Gasteiger partial charge in [-0.1, -0.05) is 13.8 Å². The Labute approximate surface area is 78.4 Å². The highest BCUT2D eigenvalue weighted by atomic mass is 16.4. The lowest BCUT2D eigenvalue weighted by molar-refractivity contribution is 0.0695. The van der Waals surface area contributed by atoms with Crippen LogP contribution in [0.5, 0.6) is 0 Å². The van der Waals surface area contributed by atoms with Crippen LogP contribution in [0.3, 0.4) is 0 Å². The Morgan fingerprint density at radius 3 is 2.23 bits per heavy atom. The van der Waals surface area contributed by atoms with Crippen molar-refractivity contribution in [2.24, 2.45) is 0 Å². The highest BCUT2D eigenvalue weighted by Gasteiger charge is 2.09. The SMILES string of the molecule is CC.Cc1ccnc(C)c1C(=O)O. The molecule has 0 aliphatic heterocycles. The van der Waals surface area contributed by atoms with E-state index in [4.69, 9.17) is 5.11 Å². The topological polar surface area (TPSA) is 50.2 Å². The maximum atomic E-state index is 10.6. The van der Waals surface area contributed by atoms with E-state index in [0.29, 0.717) is 11.3 Å². The molecule has 3 nitrogen and oxygen atoms in total. The molecule has 0 saturated carbocycles. The number of hydrogen-bond acceptors (Lipinski definition) is 2. The quantitative estimate of drug-likeness (QED) is 0.723. The largest absolute Gasteiger partial charge is 0.478 e. The summed E-state index contributed by atoms with van der Waals surface area (Å²) in [6, 6.07) is 1.69. The lowest BCUT2D eigenvalue weighted by Crippen LogP contribution is -2.03. The standard InChI is InChI=1S/C8H9NO2.C2H6/c1-5-3-4-9-6(2)7(5)8(10)11;1-2/h3-4H,1-2H3,(H,10,11);1-2H3. The van der Waals surface area contributed by atoms with Crippen molar-refractivity contribution in [2.75, 3.05) is 0 Å². The van der Waals surface area contributed by atoms with E-state index in [-0.39, 0.29) is 0 Å². The van der Waals surface area contributed by atoms with E-state index >= 15 is 0 Å². The van der Waals surface area contributed by atoms with E-state index in [9.17, 15) is 4.79 Å². The van der Waals surface area contributed by atoms with Gasteiger partial charge in [-0.25, -0.2) is 4.79 Å². The maximum absolute atomic E-state index is 10.6. The van der Waals surface area contributed by atoms with Crippen molar-refractivity contribution >= 4 is 5.97 Å². The molecule has 0 bridgehead atoms. The summed E-state index contributed by atoms with van der Waals surface area (Å²) < 4.78 is 0. The molecule has 0 aliphatic rings. The third-order valence-electron chi connectivity index (χ3n) is 1.56. The zero-order valence-electron chi connectivity index (χ0n) is 8.46. The molecule has 0 atom stereocenters. The minimum atomic E-state index is -0.909. The first-order valence-corrected chi connectivity index (χ1v) is 4.28. The number of nitrogens with zero attached hydrogens (tertiary/aromatic N) is 1. The van der Waals surface area contributed by atoms with Gasteiger partial charge in [-0.2, -0.15) is 0 Å². The number of carboxylic acids is 1. The monoisotopic (exact) mass is 181 g/mol. The van der Waals surface area contributed by atoms with E-state index in [1.807, 2.05) is 13.8 Å². The Kier molecular flexibility index (Phi) is 4.74. The Morgan fingerprint density at radius 1 is 1.38 bits per heavy atom. The van der Waals surface area contributed by atoms with Crippen molar-refractivity contribution in [3.05, 3.63) is 29.1 Å². The molecule has 1 rings (SSSR count). The van der Waals surface area contributed by atoms with Crippen LogP contribution >= 0.6 is 0 Å². The normalized spacial score (nSPS) is 8.62. The van der Waals surface area contributed by atoms with Gasteiger partial charge in [0.15, 0.2) is 0 Å². The predicted octanol–water partition coefficient (Wildman–Crippen LogP) is 2.42. The third-order valence-corrected chi connectivity index (χ3v) is 1.56. The molecule has 1 aromatic heterocycles. The van der Waals surface area contributed by atoms with Crippen LogP contribution in [0.4, 0.5) is 0 Å². The summed E-state index contributed by atoms with van der Waals surface area (Å²) in [5.41, 5.74) is 1.63. The van der Waals surface area contributed by atoms with Crippen LogP contribution < -0.4 is 0 Å². The summed E-state index contributed by atoms with van der Waals surface area (Å²) in [6.45, 7) is 7.45. The maximum Gasteiger partial charge on any atom is 0.337 e. The first-order chi connectivity index (χ1) is 6.13. The van der Waals surface area contributed by atoms with E-state index in [1.165, 1.54) is 0 Å². The van der Waals surface area contributed by atoms with E-state index in [2.05, 4.69) is 4.98 Å². The van der Waals surface area contributed by atoms with Gasteiger partial charge >= 0.3 is 5.97 Å². The molecule has 0 aliphatic carbocycles. The Balaban J connectivity index is 0.000000671. The zero-order chi connectivity index (χ0) is 10.4. The van der Waals surface area contributed by atoms with Crippen molar-refractivity contribution < 1.29 is 9.90 Å². The predicted molar refractivity (Wildman–Crippen MR) is 52.0 cm³/mol. The molecule has 0 amide bonds. The van der Waals surface area contributed by atoms with Gasteiger partial charge in [0.1, 0.15) is 0 Å². The second-order valence-electron chi connectivity index (χ2n) is 2.39. The van der Waals surface area contributed by atoms with Crippen molar-refractivity contribution in [3.8, 4) is 0 Å². The molecule has 0 radical (unpaired) electrons. The summed E-state index contributed by atoms with van der Waals surface area (Å²) in [5, 5.41) is 8.71. The molecule has 1 N–H and O–H groups in total. The highest BCUT2D eigenvalue weighted by molar-refractivity contribution is 5.90. The van der Waals surface area contributed by atoms with Gasteiger partial charge in [0.25, 0.3) is 0 Å². The smallest absolute Gasteiger partial charge is 0.337 e. The van der Waals surface area contributed by atoms with Gasteiger partial charge in [-0.05, 0) is 25.5 Å². The molecule has 3 heteroatoms. The second-order valence-corrected chi connectivity index (χ2v) is 2.39. The Bertz CT molecular complexity index is 275. The lowest BCUT2D eigenvalue weighted by atomic mass is 10.1. The van der Waals surface area contributed by atoms with Crippen LogP contribution in [-0.4, -0.2) is 16.1 Å². The van der Waals surface area contributed by atoms with Crippen LogP contribution in [-0.2, 0) is 0 Å².